The number of rotatable bonds is 5. The summed E-state index contributed by atoms with van der Waals surface area (Å²) in [5.41, 5.74) is 1.44. The van der Waals surface area contributed by atoms with Gasteiger partial charge in [-0.15, -0.1) is 0 Å². The minimum Gasteiger partial charge on any atom is -0.494 e. The summed E-state index contributed by atoms with van der Waals surface area (Å²) in [7, 11) is 0.220. The summed E-state index contributed by atoms with van der Waals surface area (Å²) in [6, 6.07) is 9.89. The van der Waals surface area contributed by atoms with Crippen molar-refractivity contribution >= 4 is 9.52 Å². The van der Waals surface area contributed by atoms with E-state index in [1.807, 2.05) is 6.92 Å². The van der Waals surface area contributed by atoms with Crippen LogP contribution in [-0.2, 0) is 6.42 Å². The van der Waals surface area contributed by atoms with Crippen LogP contribution >= 0.6 is 0 Å². The first-order valence-corrected chi connectivity index (χ1v) is 7.50. The van der Waals surface area contributed by atoms with Gasteiger partial charge >= 0.3 is 0 Å². The van der Waals surface area contributed by atoms with E-state index in [-0.39, 0.29) is 9.52 Å². The Balaban J connectivity index is 2.48. The highest BCUT2D eigenvalue weighted by Crippen LogP contribution is 2.13. The van der Waals surface area contributed by atoms with E-state index in [1.54, 1.807) is 0 Å². The summed E-state index contributed by atoms with van der Waals surface area (Å²) < 4.78 is 5.37. The van der Waals surface area contributed by atoms with Crippen LogP contribution in [-0.4, -0.2) is 16.1 Å². The third kappa shape index (κ3) is 3.64. The van der Waals surface area contributed by atoms with E-state index in [9.17, 15) is 0 Å². The molecule has 0 aliphatic carbocycles. The Kier molecular flexibility index (Phi) is 4.61. The maximum absolute atomic E-state index is 5.37. The molecule has 0 saturated carbocycles. The quantitative estimate of drug-likeness (QED) is 0.653. The van der Waals surface area contributed by atoms with Crippen molar-refractivity contribution in [2.24, 2.45) is 0 Å². The van der Waals surface area contributed by atoms with Crippen molar-refractivity contribution in [2.45, 2.75) is 25.9 Å². The molecule has 72 valence electrons. The maximum atomic E-state index is 5.37. The lowest BCUT2D eigenvalue weighted by atomic mass is 10.2. The Hall–Kier alpha value is -0.763. The van der Waals surface area contributed by atoms with Gasteiger partial charge in [-0.3, -0.25) is 0 Å². The molecule has 0 radical (unpaired) electrons. The average Bonchev–Trinajstić information content (AvgIpc) is 2.17. The van der Waals surface area contributed by atoms with E-state index in [0.717, 1.165) is 12.4 Å². The average molecular weight is 194 g/mol. The van der Waals surface area contributed by atoms with Gasteiger partial charge in [0.25, 0.3) is 0 Å². The number of ether oxygens (including phenoxy) is 1. The number of hydrogen-bond acceptors (Lipinski definition) is 1. The van der Waals surface area contributed by atoms with Crippen molar-refractivity contribution < 1.29 is 4.74 Å². The van der Waals surface area contributed by atoms with Crippen LogP contribution in [0.5, 0.6) is 5.75 Å². The minimum absolute atomic E-state index is 0.220. The fourth-order valence-electron chi connectivity index (χ4n) is 1.30. The van der Waals surface area contributed by atoms with Crippen molar-refractivity contribution in [3.8, 4) is 5.75 Å². The molecule has 2 heteroatoms. The molecule has 0 unspecified atom stereocenters. The summed E-state index contributed by atoms with van der Waals surface area (Å²) in [5, 5.41) is 0. The van der Waals surface area contributed by atoms with Crippen LogP contribution in [0.4, 0.5) is 0 Å². The molecule has 0 saturated heterocycles. The molecular weight excluding hydrogens is 176 g/mol. The van der Waals surface area contributed by atoms with Crippen molar-refractivity contribution in [2.75, 3.05) is 6.61 Å². The van der Waals surface area contributed by atoms with Crippen molar-refractivity contribution in [3.63, 3.8) is 0 Å². The lowest BCUT2D eigenvalue weighted by molar-refractivity contribution is 0.340. The zero-order valence-electron chi connectivity index (χ0n) is 8.55. The molecular formula is C11H18OSi. The second-order valence-corrected chi connectivity index (χ2v) is 4.89. The van der Waals surface area contributed by atoms with E-state index < -0.39 is 0 Å². The summed E-state index contributed by atoms with van der Waals surface area (Å²) in [4.78, 5) is 0. The number of hydrogen-bond donors (Lipinski definition) is 0. The van der Waals surface area contributed by atoms with Crippen LogP contribution in [0.1, 0.15) is 12.5 Å². The van der Waals surface area contributed by atoms with Gasteiger partial charge in [-0.1, -0.05) is 24.7 Å². The van der Waals surface area contributed by atoms with Crippen molar-refractivity contribution in [1.29, 1.82) is 0 Å². The van der Waals surface area contributed by atoms with Gasteiger partial charge in [0.05, 0.1) is 6.61 Å². The molecule has 0 spiro atoms. The smallest absolute Gasteiger partial charge is 0.119 e. The first kappa shape index (κ1) is 10.3. The minimum atomic E-state index is 0.220. The highest BCUT2D eigenvalue weighted by atomic mass is 28.2. The first-order chi connectivity index (χ1) is 6.36. The number of benzene rings is 1. The van der Waals surface area contributed by atoms with Crippen LogP contribution in [0.15, 0.2) is 24.3 Å². The summed E-state index contributed by atoms with van der Waals surface area (Å²) in [5.74, 6) is 0.986. The predicted octanol–water partition coefficient (Wildman–Crippen LogP) is 2.26. The summed E-state index contributed by atoms with van der Waals surface area (Å²) in [6.45, 7) is 5.12. The van der Waals surface area contributed by atoms with Gasteiger partial charge in [-0.25, -0.2) is 0 Å². The van der Waals surface area contributed by atoms with Crippen LogP contribution in [0.2, 0.25) is 12.6 Å². The third-order valence-corrected chi connectivity index (χ3v) is 3.11. The van der Waals surface area contributed by atoms with E-state index in [2.05, 4.69) is 30.8 Å². The van der Waals surface area contributed by atoms with Gasteiger partial charge in [0.1, 0.15) is 5.75 Å². The molecule has 0 atom stereocenters. The maximum Gasteiger partial charge on any atom is 0.119 e. The lowest BCUT2D eigenvalue weighted by Gasteiger charge is -2.03. The SMILES string of the molecule is CCOc1ccc(CC[SiH2]C)cc1. The zero-order valence-corrected chi connectivity index (χ0v) is 9.96. The van der Waals surface area contributed by atoms with Gasteiger partial charge in [-0.2, -0.15) is 0 Å². The van der Waals surface area contributed by atoms with Gasteiger partial charge in [0.15, 0.2) is 0 Å². The van der Waals surface area contributed by atoms with Crippen LogP contribution in [0.25, 0.3) is 0 Å². The largest absolute Gasteiger partial charge is 0.494 e. The van der Waals surface area contributed by atoms with Gasteiger partial charge in [0, 0.05) is 9.52 Å². The van der Waals surface area contributed by atoms with Crippen molar-refractivity contribution in [1.82, 2.24) is 0 Å². The molecule has 1 aromatic carbocycles. The third-order valence-electron chi connectivity index (χ3n) is 2.05. The van der Waals surface area contributed by atoms with Gasteiger partial charge in [0.2, 0.25) is 0 Å². The topological polar surface area (TPSA) is 9.23 Å². The molecule has 1 rings (SSSR count). The Morgan fingerprint density at radius 1 is 1.23 bits per heavy atom. The van der Waals surface area contributed by atoms with Gasteiger partial charge in [-0.05, 0) is 31.0 Å². The van der Waals surface area contributed by atoms with E-state index in [4.69, 9.17) is 4.74 Å². The van der Waals surface area contributed by atoms with Gasteiger partial charge < -0.3 is 4.74 Å². The standard InChI is InChI=1S/C11H18OSi/c1-3-12-11-6-4-10(5-7-11)8-9-13-2/h4-7H,3,8-9,13H2,1-2H3. The molecule has 0 amide bonds. The molecule has 0 aromatic heterocycles. The Labute approximate surface area is 82.9 Å². The molecule has 1 nitrogen and oxygen atoms in total. The second kappa shape index (κ2) is 5.81. The fraction of sp³-hybridized carbons (Fsp3) is 0.455. The van der Waals surface area contributed by atoms with Crippen LogP contribution < -0.4 is 4.74 Å². The van der Waals surface area contributed by atoms with E-state index in [0.29, 0.717) is 0 Å². The summed E-state index contributed by atoms with van der Waals surface area (Å²) in [6.07, 6.45) is 1.25. The zero-order chi connectivity index (χ0) is 9.52. The van der Waals surface area contributed by atoms with E-state index in [1.165, 1.54) is 18.0 Å². The second-order valence-electron chi connectivity index (χ2n) is 3.18. The highest BCUT2D eigenvalue weighted by Gasteiger charge is 1.93. The highest BCUT2D eigenvalue weighted by molar-refractivity contribution is 6.33. The Morgan fingerprint density at radius 3 is 2.46 bits per heavy atom. The molecule has 0 aliphatic heterocycles. The predicted molar refractivity (Wildman–Crippen MR) is 60.5 cm³/mol. The molecule has 1 aromatic rings. The summed E-state index contributed by atoms with van der Waals surface area (Å²) >= 11 is 0. The molecule has 0 bridgehead atoms. The van der Waals surface area contributed by atoms with Crippen LogP contribution in [0.3, 0.4) is 0 Å². The fourth-order valence-corrected chi connectivity index (χ4v) is 2.06. The Morgan fingerprint density at radius 2 is 1.92 bits per heavy atom. The molecule has 0 fully saturated rings. The Bertz CT molecular complexity index is 230. The molecule has 13 heavy (non-hydrogen) atoms. The lowest BCUT2D eigenvalue weighted by Crippen LogP contribution is -1.92. The van der Waals surface area contributed by atoms with Crippen molar-refractivity contribution in [3.05, 3.63) is 29.8 Å². The molecule has 0 heterocycles. The first-order valence-electron chi connectivity index (χ1n) is 5.08. The normalized spacial score (nSPS) is 10.9. The van der Waals surface area contributed by atoms with Crippen LogP contribution in [0, 0.1) is 0 Å². The monoisotopic (exact) mass is 194 g/mol. The molecule has 0 aliphatic rings. The molecule has 0 N–H and O–H groups in total. The number of aryl methyl sites for hydroxylation is 1. The van der Waals surface area contributed by atoms with E-state index >= 15 is 0 Å².